The number of nitrogen functional groups attached to an aromatic ring is 1. The van der Waals surface area contributed by atoms with Crippen molar-refractivity contribution in [2.75, 3.05) is 5.73 Å². The van der Waals surface area contributed by atoms with Crippen molar-refractivity contribution in [2.24, 2.45) is 0 Å². The summed E-state index contributed by atoms with van der Waals surface area (Å²) in [6, 6.07) is 6.75. The summed E-state index contributed by atoms with van der Waals surface area (Å²) in [5, 5.41) is 4.14. The predicted octanol–water partition coefficient (Wildman–Crippen LogP) is 0.577. The normalized spacial score (nSPS) is 10.3. The molecule has 0 aliphatic rings. The van der Waals surface area contributed by atoms with E-state index in [1.807, 2.05) is 13.0 Å². The van der Waals surface area contributed by atoms with E-state index in [9.17, 15) is 4.79 Å². The van der Waals surface area contributed by atoms with E-state index in [2.05, 4.69) is 10.1 Å². The van der Waals surface area contributed by atoms with E-state index in [0.29, 0.717) is 12.4 Å². The van der Waals surface area contributed by atoms with Gasteiger partial charge in [-0.25, -0.2) is 9.67 Å². The van der Waals surface area contributed by atoms with Crippen LogP contribution >= 0.6 is 0 Å². The maximum Gasteiger partial charge on any atom is 0.267 e. The fourth-order valence-electron chi connectivity index (χ4n) is 1.43. The molecule has 0 aliphatic carbocycles. The van der Waals surface area contributed by atoms with Gasteiger partial charge in [0.15, 0.2) is 0 Å². The highest BCUT2D eigenvalue weighted by Gasteiger charge is 2.00. The Balaban J connectivity index is 2.34. The number of aryl methyl sites for hydroxylation is 1. The van der Waals surface area contributed by atoms with Crippen molar-refractivity contribution in [3.8, 4) is 0 Å². The topological polar surface area (TPSA) is 73.8 Å². The first-order chi connectivity index (χ1) is 7.65. The summed E-state index contributed by atoms with van der Waals surface area (Å²) in [6.45, 7) is 2.25. The molecule has 2 aromatic heterocycles. The molecular formula is C11H12N4O. The third kappa shape index (κ3) is 2.25. The largest absolute Gasteiger partial charge is 0.384 e. The molecule has 0 spiro atoms. The van der Waals surface area contributed by atoms with Gasteiger partial charge in [0, 0.05) is 12.3 Å². The molecule has 82 valence electrons. The average Bonchev–Trinajstić information content (AvgIpc) is 2.24. The summed E-state index contributed by atoms with van der Waals surface area (Å²) in [5.41, 5.74) is 7.15. The van der Waals surface area contributed by atoms with E-state index >= 15 is 0 Å². The maximum atomic E-state index is 11.5. The molecule has 0 saturated carbocycles. The minimum absolute atomic E-state index is 0.124. The Bertz CT molecular complexity index is 562. The first-order valence-electron chi connectivity index (χ1n) is 4.90. The lowest BCUT2D eigenvalue weighted by molar-refractivity contribution is 0.628. The van der Waals surface area contributed by atoms with Crippen LogP contribution < -0.4 is 11.3 Å². The second-order valence-electron chi connectivity index (χ2n) is 3.56. The second kappa shape index (κ2) is 4.14. The SMILES string of the molecule is Cc1ccc(=O)n(Cc2ccnc(N)c2)n1. The molecule has 2 rings (SSSR count). The fourth-order valence-corrected chi connectivity index (χ4v) is 1.43. The summed E-state index contributed by atoms with van der Waals surface area (Å²) < 4.78 is 1.41. The zero-order valence-electron chi connectivity index (χ0n) is 8.92. The molecule has 5 nitrogen and oxygen atoms in total. The third-order valence-corrected chi connectivity index (χ3v) is 2.18. The van der Waals surface area contributed by atoms with Gasteiger partial charge in [-0.05, 0) is 30.7 Å². The molecule has 0 atom stereocenters. The molecule has 0 fully saturated rings. The van der Waals surface area contributed by atoms with Crippen LogP contribution in [-0.2, 0) is 6.54 Å². The zero-order valence-corrected chi connectivity index (χ0v) is 8.92. The Morgan fingerprint density at radius 3 is 2.94 bits per heavy atom. The molecule has 0 amide bonds. The van der Waals surface area contributed by atoms with Gasteiger partial charge in [-0.1, -0.05) is 0 Å². The van der Waals surface area contributed by atoms with E-state index < -0.39 is 0 Å². The van der Waals surface area contributed by atoms with Crippen molar-refractivity contribution < 1.29 is 0 Å². The van der Waals surface area contributed by atoms with Gasteiger partial charge in [-0.15, -0.1) is 0 Å². The lowest BCUT2D eigenvalue weighted by atomic mass is 10.2. The summed E-state index contributed by atoms with van der Waals surface area (Å²) in [6.07, 6.45) is 1.62. The van der Waals surface area contributed by atoms with Gasteiger partial charge in [-0.3, -0.25) is 4.79 Å². The van der Waals surface area contributed by atoms with Gasteiger partial charge in [0.1, 0.15) is 5.82 Å². The highest BCUT2D eigenvalue weighted by Crippen LogP contribution is 2.03. The smallest absolute Gasteiger partial charge is 0.267 e. The number of aromatic nitrogens is 3. The molecule has 0 radical (unpaired) electrons. The number of pyridine rings is 1. The molecule has 0 saturated heterocycles. The Hall–Kier alpha value is -2.17. The van der Waals surface area contributed by atoms with Crippen LogP contribution in [0.4, 0.5) is 5.82 Å². The summed E-state index contributed by atoms with van der Waals surface area (Å²) >= 11 is 0. The first kappa shape index (κ1) is 10.4. The van der Waals surface area contributed by atoms with Crippen LogP contribution in [0, 0.1) is 6.92 Å². The second-order valence-corrected chi connectivity index (χ2v) is 3.56. The molecule has 0 unspecified atom stereocenters. The van der Waals surface area contributed by atoms with Crippen molar-refractivity contribution in [3.05, 3.63) is 52.1 Å². The Morgan fingerprint density at radius 2 is 2.19 bits per heavy atom. The Kier molecular flexibility index (Phi) is 2.68. The van der Waals surface area contributed by atoms with E-state index in [4.69, 9.17) is 5.73 Å². The van der Waals surface area contributed by atoms with Crippen LogP contribution in [0.5, 0.6) is 0 Å². The highest BCUT2D eigenvalue weighted by atomic mass is 16.1. The molecule has 2 N–H and O–H groups in total. The monoisotopic (exact) mass is 216 g/mol. The highest BCUT2D eigenvalue weighted by molar-refractivity contribution is 5.31. The van der Waals surface area contributed by atoms with Gasteiger partial charge in [-0.2, -0.15) is 5.10 Å². The van der Waals surface area contributed by atoms with E-state index in [0.717, 1.165) is 11.3 Å². The van der Waals surface area contributed by atoms with Gasteiger partial charge in [0.25, 0.3) is 5.56 Å². The lowest BCUT2D eigenvalue weighted by Crippen LogP contribution is -2.23. The van der Waals surface area contributed by atoms with Crippen LogP contribution in [0.25, 0.3) is 0 Å². The van der Waals surface area contributed by atoms with Crippen molar-refractivity contribution in [2.45, 2.75) is 13.5 Å². The lowest BCUT2D eigenvalue weighted by Gasteiger charge is -2.05. The maximum absolute atomic E-state index is 11.5. The van der Waals surface area contributed by atoms with Gasteiger partial charge < -0.3 is 5.73 Å². The number of nitrogens with two attached hydrogens (primary N) is 1. The van der Waals surface area contributed by atoms with E-state index in [-0.39, 0.29) is 5.56 Å². The molecule has 0 aromatic carbocycles. The molecule has 0 aliphatic heterocycles. The summed E-state index contributed by atoms with van der Waals surface area (Å²) in [4.78, 5) is 15.4. The van der Waals surface area contributed by atoms with Crippen LogP contribution in [0.1, 0.15) is 11.3 Å². The first-order valence-corrected chi connectivity index (χ1v) is 4.90. The average molecular weight is 216 g/mol. The summed E-state index contributed by atoms with van der Waals surface area (Å²) in [7, 11) is 0. The standard InChI is InChI=1S/C11H12N4O/c1-8-2-3-11(16)15(14-8)7-9-4-5-13-10(12)6-9/h2-6H,7H2,1H3,(H2,12,13). The molecule has 2 aromatic rings. The molecular weight excluding hydrogens is 204 g/mol. The fraction of sp³-hybridized carbons (Fsp3) is 0.182. The van der Waals surface area contributed by atoms with Gasteiger partial charge >= 0.3 is 0 Å². The minimum atomic E-state index is -0.124. The van der Waals surface area contributed by atoms with E-state index in [1.54, 1.807) is 18.3 Å². The van der Waals surface area contributed by atoms with Crippen molar-refractivity contribution >= 4 is 5.82 Å². The number of anilines is 1. The number of rotatable bonds is 2. The van der Waals surface area contributed by atoms with Crippen molar-refractivity contribution in [1.29, 1.82) is 0 Å². The molecule has 16 heavy (non-hydrogen) atoms. The Labute approximate surface area is 92.6 Å². The van der Waals surface area contributed by atoms with Crippen LogP contribution in [0.2, 0.25) is 0 Å². The molecule has 2 heterocycles. The minimum Gasteiger partial charge on any atom is -0.384 e. The van der Waals surface area contributed by atoms with Crippen LogP contribution in [0.3, 0.4) is 0 Å². The van der Waals surface area contributed by atoms with Crippen LogP contribution in [-0.4, -0.2) is 14.8 Å². The zero-order chi connectivity index (χ0) is 11.5. The van der Waals surface area contributed by atoms with E-state index in [1.165, 1.54) is 10.7 Å². The number of hydrogen-bond acceptors (Lipinski definition) is 4. The van der Waals surface area contributed by atoms with Crippen molar-refractivity contribution in [1.82, 2.24) is 14.8 Å². The van der Waals surface area contributed by atoms with Crippen LogP contribution in [0.15, 0.2) is 35.3 Å². The van der Waals surface area contributed by atoms with Crippen molar-refractivity contribution in [3.63, 3.8) is 0 Å². The number of hydrogen-bond donors (Lipinski definition) is 1. The molecule has 5 heteroatoms. The Morgan fingerprint density at radius 1 is 1.38 bits per heavy atom. The molecule has 0 bridgehead atoms. The summed E-state index contributed by atoms with van der Waals surface area (Å²) in [5.74, 6) is 0.443. The predicted molar refractivity (Wildman–Crippen MR) is 61.0 cm³/mol. The third-order valence-electron chi connectivity index (χ3n) is 2.18. The quantitative estimate of drug-likeness (QED) is 0.796. The number of nitrogens with zero attached hydrogens (tertiary/aromatic N) is 3. The van der Waals surface area contributed by atoms with Gasteiger partial charge in [0.05, 0.1) is 12.2 Å². The van der Waals surface area contributed by atoms with Gasteiger partial charge in [0.2, 0.25) is 0 Å².